The highest BCUT2D eigenvalue weighted by molar-refractivity contribution is 7.26. The molecule has 0 fully saturated rings. The number of hydrogen-bond acceptors (Lipinski definition) is 3. The van der Waals surface area contributed by atoms with Gasteiger partial charge in [0.05, 0.1) is 22.4 Å². The topological polar surface area (TPSA) is 30.7 Å². The summed E-state index contributed by atoms with van der Waals surface area (Å²) in [5.74, 6) is 0.718. The van der Waals surface area contributed by atoms with E-state index in [1.165, 1.54) is 64.2 Å². The quantitative estimate of drug-likeness (QED) is 0.183. The molecule has 0 radical (unpaired) electrons. The summed E-state index contributed by atoms with van der Waals surface area (Å²) in [6, 6.07) is 59.2. The second-order valence-corrected chi connectivity index (χ2v) is 15.7. The predicted octanol–water partition coefficient (Wildman–Crippen LogP) is 13.2. The largest absolute Gasteiger partial charge is 0.309 e. The zero-order chi connectivity index (χ0) is 35.3. The van der Waals surface area contributed by atoms with E-state index in [9.17, 15) is 0 Å². The van der Waals surface area contributed by atoms with E-state index in [-0.39, 0.29) is 5.41 Å². The van der Waals surface area contributed by atoms with Gasteiger partial charge in [0.1, 0.15) is 0 Å². The first-order valence-electron chi connectivity index (χ1n) is 18.2. The number of rotatable bonds is 4. The van der Waals surface area contributed by atoms with E-state index >= 15 is 0 Å². The van der Waals surface area contributed by atoms with Crippen LogP contribution in [0.3, 0.4) is 0 Å². The van der Waals surface area contributed by atoms with Crippen LogP contribution in [0.25, 0.3) is 92.7 Å². The SMILES string of the molecule is CC1(C)c2ccccc2-c2cc3c4ccccc4n(-c4cc(-c5cc(-c6ccccc6)nc(-c6ccccc6)n5)c5sc6ccccc6c5c4)c3cc21. The fourth-order valence-electron chi connectivity index (χ4n) is 8.63. The fraction of sp³-hybridized carbons (Fsp3) is 0.0612. The van der Waals surface area contributed by atoms with E-state index in [0.29, 0.717) is 0 Å². The lowest BCUT2D eigenvalue weighted by Gasteiger charge is -2.21. The van der Waals surface area contributed by atoms with E-state index < -0.39 is 0 Å². The summed E-state index contributed by atoms with van der Waals surface area (Å²) in [6.07, 6.45) is 0. The molecule has 3 heterocycles. The summed E-state index contributed by atoms with van der Waals surface area (Å²) in [5.41, 5.74) is 13.8. The van der Waals surface area contributed by atoms with E-state index in [1.807, 2.05) is 17.4 Å². The smallest absolute Gasteiger partial charge is 0.160 e. The lowest BCUT2D eigenvalue weighted by atomic mass is 9.82. The molecule has 0 aliphatic heterocycles. The maximum absolute atomic E-state index is 5.34. The van der Waals surface area contributed by atoms with Gasteiger partial charge in [-0.15, -0.1) is 11.3 Å². The third-order valence-electron chi connectivity index (χ3n) is 11.2. The third-order valence-corrected chi connectivity index (χ3v) is 12.4. The molecule has 0 amide bonds. The maximum atomic E-state index is 5.34. The first kappa shape index (κ1) is 30.3. The van der Waals surface area contributed by atoms with Crippen LogP contribution in [0.1, 0.15) is 25.0 Å². The number of benzene rings is 7. The summed E-state index contributed by atoms with van der Waals surface area (Å²) in [7, 11) is 0. The van der Waals surface area contributed by atoms with Crippen LogP contribution < -0.4 is 0 Å². The zero-order valence-electron chi connectivity index (χ0n) is 29.3. The van der Waals surface area contributed by atoms with Crippen LogP contribution in [0.15, 0.2) is 164 Å². The molecule has 1 aliphatic carbocycles. The van der Waals surface area contributed by atoms with Crippen LogP contribution in [0, 0.1) is 0 Å². The van der Waals surface area contributed by atoms with Crippen LogP contribution in [0.2, 0.25) is 0 Å². The Balaban J connectivity index is 1.24. The van der Waals surface area contributed by atoms with Crippen molar-refractivity contribution in [3.8, 4) is 50.7 Å². The van der Waals surface area contributed by atoms with Gasteiger partial charge < -0.3 is 4.57 Å². The maximum Gasteiger partial charge on any atom is 0.160 e. The summed E-state index contributed by atoms with van der Waals surface area (Å²) in [5, 5.41) is 5.01. The Kier molecular flexibility index (Phi) is 6.47. The van der Waals surface area contributed by atoms with Crippen LogP contribution >= 0.6 is 11.3 Å². The van der Waals surface area contributed by atoms with E-state index in [2.05, 4.69) is 176 Å². The van der Waals surface area contributed by atoms with Crippen LogP contribution in [0.4, 0.5) is 0 Å². The number of hydrogen-bond donors (Lipinski definition) is 0. The van der Waals surface area contributed by atoms with E-state index in [1.54, 1.807) is 0 Å². The summed E-state index contributed by atoms with van der Waals surface area (Å²) < 4.78 is 4.97. The number of fused-ring (bicyclic) bond motifs is 9. The molecule has 0 saturated carbocycles. The van der Waals surface area contributed by atoms with Crippen LogP contribution in [0.5, 0.6) is 0 Å². The highest BCUT2D eigenvalue weighted by atomic mass is 32.1. The van der Waals surface area contributed by atoms with Crippen molar-refractivity contribution in [3.63, 3.8) is 0 Å². The highest BCUT2D eigenvalue weighted by Crippen LogP contribution is 2.51. The fourth-order valence-corrected chi connectivity index (χ4v) is 9.84. The number of para-hydroxylation sites is 1. The highest BCUT2D eigenvalue weighted by Gasteiger charge is 2.36. The minimum atomic E-state index is -0.108. The Morgan fingerprint density at radius 2 is 1.15 bits per heavy atom. The van der Waals surface area contributed by atoms with Crippen LogP contribution in [-0.4, -0.2) is 14.5 Å². The Bertz CT molecular complexity index is 3020. The van der Waals surface area contributed by atoms with Crippen molar-refractivity contribution in [2.75, 3.05) is 0 Å². The minimum absolute atomic E-state index is 0.108. The number of nitrogens with zero attached hydrogens (tertiary/aromatic N) is 3. The molecule has 11 rings (SSSR count). The first-order chi connectivity index (χ1) is 26.0. The molecular weight excluding hydrogens is 663 g/mol. The molecule has 4 heteroatoms. The molecule has 10 aromatic rings. The molecule has 53 heavy (non-hydrogen) atoms. The molecule has 0 bridgehead atoms. The summed E-state index contributed by atoms with van der Waals surface area (Å²) >= 11 is 1.84. The molecule has 0 saturated heterocycles. The molecule has 3 aromatic heterocycles. The average Bonchev–Trinajstić information content (AvgIpc) is 3.82. The van der Waals surface area contributed by atoms with Crippen molar-refractivity contribution in [1.82, 2.24) is 14.5 Å². The summed E-state index contributed by atoms with van der Waals surface area (Å²) in [4.78, 5) is 10.5. The monoisotopic (exact) mass is 695 g/mol. The predicted molar refractivity (Wildman–Crippen MR) is 223 cm³/mol. The third kappa shape index (κ3) is 4.52. The summed E-state index contributed by atoms with van der Waals surface area (Å²) in [6.45, 7) is 4.73. The normalized spacial score (nSPS) is 13.2. The molecule has 0 atom stereocenters. The Morgan fingerprint density at radius 1 is 0.472 bits per heavy atom. The van der Waals surface area contributed by atoms with Gasteiger partial charge in [-0.2, -0.15) is 0 Å². The standard InChI is InChI=1S/C49H33N3S/c1-49(2)40-22-12-9-19-33(40)36-27-37-34-20-10-13-23-44(34)52(45(37)28-41(36)49)32-25-38-35-21-11-14-24-46(35)53-47(38)39(26-32)43-29-42(30-15-5-3-6-16-30)50-48(51-43)31-17-7-4-8-18-31/h3-29H,1-2H3. The van der Waals surface area contributed by atoms with Gasteiger partial charge >= 0.3 is 0 Å². The van der Waals surface area contributed by atoms with Crippen molar-refractivity contribution in [3.05, 3.63) is 175 Å². The van der Waals surface area contributed by atoms with Gasteiger partial charge in [0.25, 0.3) is 0 Å². The van der Waals surface area contributed by atoms with Gasteiger partial charge in [-0.1, -0.05) is 135 Å². The number of aromatic nitrogens is 3. The lowest BCUT2D eigenvalue weighted by molar-refractivity contribution is 0.661. The minimum Gasteiger partial charge on any atom is -0.309 e. The molecule has 1 aliphatic rings. The molecule has 7 aromatic carbocycles. The van der Waals surface area contributed by atoms with Crippen LogP contribution in [-0.2, 0) is 5.41 Å². The molecule has 0 N–H and O–H groups in total. The van der Waals surface area contributed by atoms with Crippen molar-refractivity contribution >= 4 is 53.3 Å². The van der Waals surface area contributed by atoms with Crippen molar-refractivity contribution < 1.29 is 0 Å². The molecular formula is C49H33N3S. The average molecular weight is 696 g/mol. The van der Waals surface area contributed by atoms with Gasteiger partial charge in [-0.3, -0.25) is 0 Å². The van der Waals surface area contributed by atoms with Gasteiger partial charge in [0, 0.05) is 58.7 Å². The zero-order valence-corrected chi connectivity index (χ0v) is 30.2. The number of thiophene rings is 1. The van der Waals surface area contributed by atoms with Gasteiger partial charge in [0.2, 0.25) is 0 Å². The van der Waals surface area contributed by atoms with Gasteiger partial charge in [-0.25, -0.2) is 9.97 Å². The van der Waals surface area contributed by atoms with Crippen molar-refractivity contribution in [1.29, 1.82) is 0 Å². The Labute approximate surface area is 311 Å². The first-order valence-corrected chi connectivity index (χ1v) is 19.0. The second kappa shape index (κ2) is 11.3. The van der Waals surface area contributed by atoms with Crippen molar-refractivity contribution in [2.45, 2.75) is 19.3 Å². The van der Waals surface area contributed by atoms with Gasteiger partial charge in [0.15, 0.2) is 5.82 Å². The van der Waals surface area contributed by atoms with E-state index in [0.717, 1.165) is 39.6 Å². The molecule has 250 valence electrons. The Morgan fingerprint density at radius 3 is 1.98 bits per heavy atom. The lowest BCUT2D eigenvalue weighted by Crippen LogP contribution is -2.14. The van der Waals surface area contributed by atoms with Gasteiger partial charge in [-0.05, 0) is 64.7 Å². The van der Waals surface area contributed by atoms with E-state index in [4.69, 9.17) is 9.97 Å². The van der Waals surface area contributed by atoms with Crippen molar-refractivity contribution in [2.24, 2.45) is 0 Å². The molecule has 0 unspecified atom stereocenters. The Hall–Kier alpha value is -6.36. The second-order valence-electron chi connectivity index (χ2n) is 14.6. The molecule has 3 nitrogen and oxygen atoms in total. The molecule has 0 spiro atoms.